The summed E-state index contributed by atoms with van der Waals surface area (Å²) < 4.78 is 0. The molecule has 25 heavy (non-hydrogen) atoms. The highest BCUT2D eigenvalue weighted by molar-refractivity contribution is 6.31. The molecule has 3 N–H and O–H groups in total. The zero-order valence-electron chi connectivity index (χ0n) is 14.4. The van der Waals surface area contributed by atoms with Crippen LogP contribution < -0.4 is 16.0 Å². The first-order valence-electron chi connectivity index (χ1n) is 8.14. The maximum Gasteiger partial charge on any atom is 0.243 e. The van der Waals surface area contributed by atoms with Crippen molar-refractivity contribution in [1.82, 2.24) is 15.5 Å². The van der Waals surface area contributed by atoms with Crippen LogP contribution in [0.3, 0.4) is 0 Å². The molecule has 0 bridgehead atoms. The number of carbonyl (C=O) groups is 3. The normalized spacial score (nSPS) is 13.4. The Hall–Kier alpha value is -2.12. The van der Waals surface area contributed by atoms with Crippen molar-refractivity contribution in [3.05, 3.63) is 28.8 Å². The molecule has 0 radical (unpaired) electrons. The fourth-order valence-electron chi connectivity index (χ4n) is 2.22. The Balaban J connectivity index is 1.68. The van der Waals surface area contributed by atoms with Crippen molar-refractivity contribution in [3.8, 4) is 0 Å². The van der Waals surface area contributed by atoms with E-state index in [1.807, 2.05) is 0 Å². The number of anilines is 1. The van der Waals surface area contributed by atoms with Gasteiger partial charge in [-0.25, -0.2) is 0 Å². The summed E-state index contributed by atoms with van der Waals surface area (Å²) in [5.41, 5.74) is 1.38. The molecule has 1 aliphatic rings. The standard InChI is InChI=1S/C17H23ClN4O3/c1-11-13(18)4-3-5-14(11)21-15(23)8-19-16(24)9-22(2)10-17(25)20-12-6-7-12/h3-5,12H,6-10H2,1-2H3,(H,19,24)(H,20,25)(H,21,23). The summed E-state index contributed by atoms with van der Waals surface area (Å²) in [6.45, 7) is 1.85. The van der Waals surface area contributed by atoms with Gasteiger partial charge in [0.15, 0.2) is 0 Å². The van der Waals surface area contributed by atoms with Crippen LogP contribution >= 0.6 is 11.6 Å². The van der Waals surface area contributed by atoms with Gasteiger partial charge in [-0.2, -0.15) is 0 Å². The lowest BCUT2D eigenvalue weighted by molar-refractivity contribution is -0.126. The summed E-state index contributed by atoms with van der Waals surface area (Å²) in [5, 5.41) is 8.66. The van der Waals surface area contributed by atoms with Gasteiger partial charge in [0.05, 0.1) is 19.6 Å². The molecular weight excluding hydrogens is 344 g/mol. The minimum atomic E-state index is -0.340. The average molecular weight is 367 g/mol. The van der Waals surface area contributed by atoms with E-state index in [1.165, 1.54) is 0 Å². The van der Waals surface area contributed by atoms with Crippen LogP contribution in [-0.2, 0) is 14.4 Å². The molecule has 136 valence electrons. The largest absolute Gasteiger partial charge is 0.352 e. The van der Waals surface area contributed by atoms with Gasteiger partial charge in [-0.1, -0.05) is 17.7 Å². The molecule has 2 rings (SSSR count). The Morgan fingerprint density at radius 2 is 1.84 bits per heavy atom. The molecule has 7 nitrogen and oxygen atoms in total. The number of hydrogen-bond donors (Lipinski definition) is 3. The van der Waals surface area contributed by atoms with Gasteiger partial charge in [0, 0.05) is 16.8 Å². The van der Waals surface area contributed by atoms with Gasteiger partial charge < -0.3 is 16.0 Å². The molecule has 0 aromatic heterocycles. The zero-order valence-corrected chi connectivity index (χ0v) is 15.2. The van der Waals surface area contributed by atoms with Gasteiger partial charge in [0.1, 0.15) is 0 Å². The second-order valence-corrected chi connectivity index (χ2v) is 6.66. The molecule has 0 aliphatic heterocycles. The van der Waals surface area contributed by atoms with Gasteiger partial charge in [-0.15, -0.1) is 0 Å². The molecular formula is C17H23ClN4O3. The van der Waals surface area contributed by atoms with Gasteiger partial charge in [0.25, 0.3) is 0 Å². The van der Waals surface area contributed by atoms with Crippen LogP contribution in [0.1, 0.15) is 18.4 Å². The maximum absolute atomic E-state index is 11.9. The summed E-state index contributed by atoms with van der Waals surface area (Å²) in [5.74, 6) is -0.750. The molecule has 1 aromatic rings. The molecule has 0 heterocycles. The minimum Gasteiger partial charge on any atom is -0.352 e. The summed E-state index contributed by atoms with van der Waals surface area (Å²) >= 11 is 6.00. The first kappa shape index (κ1) is 19.2. The van der Waals surface area contributed by atoms with Crippen LogP contribution in [0.5, 0.6) is 0 Å². The van der Waals surface area contributed by atoms with E-state index < -0.39 is 0 Å². The van der Waals surface area contributed by atoms with Crippen molar-refractivity contribution in [1.29, 1.82) is 0 Å². The van der Waals surface area contributed by atoms with Crippen molar-refractivity contribution < 1.29 is 14.4 Å². The van der Waals surface area contributed by atoms with Gasteiger partial charge in [-0.05, 0) is 44.5 Å². The van der Waals surface area contributed by atoms with E-state index in [4.69, 9.17) is 11.6 Å². The molecule has 1 aromatic carbocycles. The van der Waals surface area contributed by atoms with E-state index >= 15 is 0 Å². The molecule has 8 heteroatoms. The number of rotatable bonds is 8. The van der Waals surface area contributed by atoms with Gasteiger partial charge >= 0.3 is 0 Å². The van der Waals surface area contributed by atoms with E-state index in [0.717, 1.165) is 18.4 Å². The number of likely N-dealkylation sites (N-methyl/N-ethyl adjacent to an activating group) is 1. The van der Waals surface area contributed by atoms with Crippen LogP contribution in [-0.4, -0.2) is 55.3 Å². The Bertz CT molecular complexity index is 661. The predicted octanol–water partition coefficient (Wildman–Crippen LogP) is 0.914. The van der Waals surface area contributed by atoms with Crippen LogP contribution in [0.15, 0.2) is 18.2 Å². The number of halogens is 1. The Labute approximate surface area is 152 Å². The first-order chi connectivity index (χ1) is 11.8. The van der Waals surface area contributed by atoms with Crippen molar-refractivity contribution in [2.24, 2.45) is 0 Å². The van der Waals surface area contributed by atoms with Crippen LogP contribution in [0.2, 0.25) is 5.02 Å². The number of amides is 3. The monoisotopic (exact) mass is 366 g/mol. The lowest BCUT2D eigenvalue weighted by Gasteiger charge is -2.16. The third-order valence-corrected chi connectivity index (χ3v) is 4.17. The Morgan fingerprint density at radius 3 is 2.52 bits per heavy atom. The molecule has 1 saturated carbocycles. The quantitative estimate of drug-likeness (QED) is 0.638. The first-order valence-corrected chi connectivity index (χ1v) is 8.52. The summed E-state index contributed by atoms with van der Waals surface area (Å²) in [4.78, 5) is 37.0. The minimum absolute atomic E-state index is 0.0432. The van der Waals surface area contributed by atoms with E-state index in [2.05, 4.69) is 16.0 Å². The number of nitrogens with zero attached hydrogens (tertiary/aromatic N) is 1. The maximum atomic E-state index is 11.9. The third-order valence-electron chi connectivity index (χ3n) is 3.76. The highest BCUT2D eigenvalue weighted by atomic mass is 35.5. The highest BCUT2D eigenvalue weighted by Gasteiger charge is 2.23. The molecule has 0 spiro atoms. The predicted molar refractivity (Wildman–Crippen MR) is 96.5 cm³/mol. The van der Waals surface area contributed by atoms with Crippen LogP contribution in [0.4, 0.5) is 5.69 Å². The van der Waals surface area contributed by atoms with E-state index in [1.54, 1.807) is 37.1 Å². The second-order valence-electron chi connectivity index (χ2n) is 6.25. The molecule has 3 amide bonds. The van der Waals surface area contributed by atoms with Crippen molar-refractivity contribution >= 4 is 35.0 Å². The number of nitrogens with one attached hydrogen (secondary N) is 3. The number of carbonyl (C=O) groups excluding carboxylic acids is 3. The fourth-order valence-corrected chi connectivity index (χ4v) is 2.39. The van der Waals surface area contributed by atoms with Crippen molar-refractivity contribution in [2.45, 2.75) is 25.8 Å². The summed E-state index contributed by atoms with van der Waals surface area (Å²) in [6.07, 6.45) is 2.05. The lowest BCUT2D eigenvalue weighted by atomic mass is 10.2. The summed E-state index contributed by atoms with van der Waals surface area (Å²) in [6, 6.07) is 5.52. The SMILES string of the molecule is Cc1c(Cl)cccc1NC(=O)CNC(=O)CN(C)CC(=O)NC1CC1. The lowest BCUT2D eigenvalue weighted by Crippen LogP contribution is -2.43. The van der Waals surface area contributed by atoms with Crippen LogP contribution in [0.25, 0.3) is 0 Å². The summed E-state index contributed by atoms with van der Waals surface area (Å²) in [7, 11) is 1.68. The molecule has 1 fully saturated rings. The average Bonchev–Trinajstić information content (AvgIpc) is 3.33. The Morgan fingerprint density at radius 1 is 1.16 bits per heavy atom. The molecule has 1 aliphatic carbocycles. The van der Waals surface area contributed by atoms with E-state index in [0.29, 0.717) is 16.8 Å². The smallest absolute Gasteiger partial charge is 0.243 e. The topological polar surface area (TPSA) is 90.5 Å². The highest BCUT2D eigenvalue weighted by Crippen LogP contribution is 2.22. The van der Waals surface area contributed by atoms with Crippen LogP contribution in [0, 0.1) is 6.92 Å². The van der Waals surface area contributed by atoms with Crippen molar-refractivity contribution in [2.75, 3.05) is 32.0 Å². The van der Waals surface area contributed by atoms with E-state index in [9.17, 15) is 14.4 Å². The second kappa shape index (κ2) is 8.82. The molecule has 0 atom stereocenters. The third kappa shape index (κ3) is 6.72. The van der Waals surface area contributed by atoms with Gasteiger partial charge in [0.2, 0.25) is 17.7 Å². The Kier molecular flexibility index (Phi) is 6.78. The fraction of sp³-hybridized carbons (Fsp3) is 0.471. The molecule has 0 unspecified atom stereocenters. The van der Waals surface area contributed by atoms with E-state index in [-0.39, 0.29) is 37.4 Å². The van der Waals surface area contributed by atoms with Crippen molar-refractivity contribution in [3.63, 3.8) is 0 Å². The zero-order chi connectivity index (χ0) is 18.4. The number of benzene rings is 1. The number of hydrogen-bond acceptors (Lipinski definition) is 4. The van der Waals surface area contributed by atoms with Gasteiger partial charge in [-0.3, -0.25) is 19.3 Å². The molecule has 0 saturated heterocycles.